The number of carbonyl (C=O) groups is 1. The van der Waals surface area contributed by atoms with Gasteiger partial charge >= 0.3 is 0 Å². The van der Waals surface area contributed by atoms with Crippen molar-refractivity contribution in [2.45, 2.75) is 18.6 Å². The molecule has 3 N–H and O–H groups in total. The Morgan fingerprint density at radius 1 is 1.42 bits per heavy atom. The number of aromatic amines is 1. The summed E-state index contributed by atoms with van der Waals surface area (Å²) in [5.41, 5.74) is 1.89. The van der Waals surface area contributed by atoms with Crippen LogP contribution in [-0.2, 0) is 0 Å². The molecule has 1 aliphatic rings. The second kappa shape index (κ2) is 4.93. The van der Waals surface area contributed by atoms with E-state index >= 15 is 0 Å². The molecule has 2 heterocycles. The van der Waals surface area contributed by atoms with E-state index in [1.165, 1.54) is 0 Å². The Balaban J connectivity index is 1.63. The van der Waals surface area contributed by atoms with Crippen molar-refractivity contribution in [3.05, 3.63) is 23.8 Å². The van der Waals surface area contributed by atoms with Gasteiger partial charge < -0.3 is 10.6 Å². The molecule has 19 heavy (non-hydrogen) atoms. The molecule has 2 aromatic rings. The van der Waals surface area contributed by atoms with Crippen molar-refractivity contribution in [3.8, 4) is 0 Å². The summed E-state index contributed by atoms with van der Waals surface area (Å²) >= 11 is 0. The van der Waals surface area contributed by atoms with E-state index < -0.39 is 6.17 Å². The Kier molecular flexibility index (Phi) is 3.12. The van der Waals surface area contributed by atoms with Gasteiger partial charge in [0.1, 0.15) is 17.2 Å². The van der Waals surface area contributed by atoms with Crippen LogP contribution in [0.1, 0.15) is 16.8 Å². The predicted molar refractivity (Wildman–Crippen MR) is 67.5 cm³/mol. The molecule has 1 aromatic heterocycles. The number of hydrogen-bond acceptors (Lipinski definition) is 4. The van der Waals surface area contributed by atoms with Gasteiger partial charge in [0.2, 0.25) is 0 Å². The highest BCUT2D eigenvalue weighted by molar-refractivity contribution is 5.97. The summed E-state index contributed by atoms with van der Waals surface area (Å²) in [4.78, 5) is 12.0. The number of carbonyl (C=O) groups excluding carboxylic acids is 1. The Labute approximate surface area is 108 Å². The SMILES string of the molecule is O=C(NC[C@@H]1C[C@H](F)CN1)c1ccc2n[nH]nc2c1. The molecule has 1 aromatic carbocycles. The normalized spacial score (nSPS) is 22.8. The fraction of sp³-hybridized carbons (Fsp3) is 0.417. The summed E-state index contributed by atoms with van der Waals surface area (Å²) < 4.78 is 13.0. The average molecular weight is 263 g/mol. The third-order valence-electron chi connectivity index (χ3n) is 3.26. The Bertz CT molecular complexity index is 599. The largest absolute Gasteiger partial charge is 0.350 e. The van der Waals surface area contributed by atoms with Crippen molar-refractivity contribution < 1.29 is 9.18 Å². The van der Waals surface area contributed by atoms with Gasteiger partial charge in [-0.2, -0.15) is 15.4 Å². The van der Waals surface area contributed by atoms with Gasteiger partial charge in [-0.05, 0) is 24.6 Å². The van der Waals surface area contributed by atoms with E-state index in [4.69, 9.17) is 0 Å². The van der Waals surface area contributed by atoms with Gasteiger partial charge in [0, 0.05) is 24.7 Å². The first-order valence-corrected chi connectivity index (χ1v) is 6.18. The highest BCUT2D eigenvalue weighted by atomic mass is 19.1. The molecule has 0 bridgehead atoms. The van der Waals surface area contributed by atoms with Crippen molar-refractivity contribution in [1.82, 2.24) is 26.0 Å². The standard InChI is InChI=1S/C12H14FN5O/c13-8-4-9(14-5-8)6-15-12(19)7-1-2-10-11(3-7)17-18-16-10/h1-3,8-9,14H,4-6H2,(H,15,19)(H,16,17,18)/t8-,9-/m0/s1. The molecule has 6 nitrogen and oxygen atoms in total. The van der Waals surface area contributed by atoms with Crippen LogP contribution in [-0.4, -0.2) is 46.6 Å². The highest BCUT2D eigenvalue weighted by Crippen LogP contribution is 2.11. The molecule has 0 radical (unpaired) electrons. The summed E-state index contributed by atoms with van der Waals surface area (Å²) in [5, 5.41) is 16.2. The number of halogens is 1. The van der Waals surface area contributed by atoms with Crippen molar-refractivity contribution in [1.29, 1.82) is 0 Å². The smallest absolute Gasteiger partial charge is 0.251 e. The van der Waals surface area contributed by atoms with Crippen molar-refractivity contribution >= 4 is 16.9 Å². The Morgan fingerprint density at radius 3 is 3.05 bits per heavy atom. The lowest BCUT2D eigenvalue weighted by Gasteiger charge is -2.11. The van der Waals surface area contributed by atoms with Gasteiger partial charge in [-0.1, -0.05) is 0 Å². The third kappa shape index (κ3) is 2.55. The Morgan fingerprint density at radius 2 is 2.26 bits per heavy atom. The van der Waals surface area contributed by atoms with Gasteiger partial charge in [-0.15, -0.1) is 0 Å². The fourth-order valence-corrected chi connectivity index (χ4v) is 2.22. The van der Waals surface area contributed by atoms with E-state index in [1.807, 2.05) is 0 Å². The topological polar surface area (TPSA) is 82.7 Å². The lowest BCUT2D eigenvalue weighted by molar-refractivity contribution is 0.0950. The van der Waals surface area contributed by atoms with Gasteiger partial charge in [-0.25, -0.2) is 4.39 Å². The minimum absolute atomic E-state index is 0.00901. The minimum Gasteiger partial charge on any atom is -0.350 e. The number of amides is 1. The number of nitrogens with zero attached hydrogens (tertiary/aromatic N) is 2. The molecule has 0 aliphatic carbocycles. The highest BCUT2D eigenvalue weighted by Gasteiger charge is 2.23. The molecule has 3 rings (SSSR count). The van der Waals surface area contributed by atoms with Crippen LogP contribution in [0.5, 0.6) is 0 Å². The lowest BCUT2D eigenvalue weighted by Crippen LogP contribution is -2.37. The molecule has 1 fully saturated rings. The first kappa shape index (κ1) is 12.0. The van der Waals surface area contributed by atoms with Crippen LogP contribution >= 0.6 is 0 Å². The van der Waals surface area contributed by atoms with Crippen LogP contribution in [0.2, 0.25) is 0 Å². The van der Waals surface area contributed by atoms with Gasteiger partial charge in [0.15, 0.2) is 0 Å². The summed E-state index contributed by atoms with van der Waals surface area (Å²) in [5.74, 6) is -0.186. The predicted octanol–water partition coefficient (Wildman–Crippen LogP) is 0.388. The number of rotatable bonds is 3. The number of nitrogens with one attached hydrogen (secondary N) is 3. The zero-order chi connectivity index (χ0) is 13.2. The molecular weight excluding hydrogens is 249 g/mol. The lowest BCUT2D eigenvalue weighted by atomic mass is 10.1. The van der Waals surface area contributed by atoms with Crippen LogP contribution in [0.15, 0.2) is 18.2 Å². The maximum absolute atomic E-state index is 13.0. The second-order valence-corrected chi connectivity index (χ2v) is 4.68. The molecule has 7 heteroatoms. The maximum Gasteiger partial charge on any atom is 0.251 e. The maximum atomic E-state index is 13.0. The number of benzene rings is 1. The third-order valence-corrected chi connectivity index (χ3v) is 3.26. The minimum atomic E-state index is -0.812. The van der Waals surface area contributed by atoms with Gasteiger partial charge in [0.05, 0.1) is 0 Å². The first-order valence-electron chi connectivity index (χ1n) is 6.18. The number of aromatic nitrogens is 3. The van der Waals surface area contributed by atoms with Gasteiger partial charge in [0.25, 0.3) is 5.91 Å². The molecule has 1 amide bonds. The molecule has 0 spiro atoms. The average Bonchev–Trinajstić information content (AvgIpc) is 3.03. The van der Waals surface area contributed by atoms with E-state index in [9.17, 15) is 9.18 Å². The summed E-state index contributed by atoms with van der Waals surface area (Å²) in [7, 11) is 0. The summed E-state index contributed by atoms with van der Waals surface area (Å²) in [6.45, 7) is 0.793. The quantitative estimate of drug-likeness (QED) is 0.748. The van der Waals surface area contributed by atoms with E-state index in [-0.39, 0.29) is 11.9 Å². The van der Waals surface area contributed by atoms with Crippen molar-refractivity contribution in [2.24, 2.45) is 0 Å². The van der Waals surface area contributed by atoms with Crippen molar-refractivity contribution in [3.63, 3.8) is 0 Å². The van der Waals surface area contributed by atoms with Gasteiger partial charge in [-0.3, -0.25) is 4.79 Å². The summed E-state index contributed by atoms with van der Waals surface area (Å²) in [6.07, 6.45) is -0.365. The van der Waals surface area contributed by atoms with E-state index in [1.54, 1.807) is 18.2 Å². The molecule has 0 unspecified atom stereocenters. The van der Waals surface area contributed by atoms with Crippen LogP contribution in [0.4, 0.5) is 4.39 Å². The number of H-pyrrole nitrogens is 1. The molecule has 1 aliphatic heterocycles. The number of fused-ring (bicyclic) bond motifs is 1. The molecule has 2 atom stereocenters. The zero-order valence-corrected chi connectivity index (χ0v) is 10.2. The second-order valence-electron chi connectivity index (χ2n) is 4.68. The molecular formula is C12H14FN5O. The first-order chi connectivity index (χ1) is 9.22. The zero-order valence-electron chi connectivity index (χ0n) is 10.2. The van der Waals surface area contributed by atoms with E-state index in [2.05, 4.69) is 26.0 Å². The monoisotopic (exact) mass is 263 g/mol. The summed E-state index contributed by atoms with van der Waals surface area (Å²) in [6, 6.07) is 5.11. The fourth-order valence-electron chi connectivity index (χ4n) is 2.22. The van der Waals surface area contributed by atoms with Crippen LogP contribution < -0.4 is 10.6 Å². The molecule has 100 valence electrons. The van der Waals surface area contributed by atoms with Crippen LogP contribution in [0, 0.1) is 0 Å². The van der Waals surface area contributed by atoms with E-state index in [0.29, 0.717) is 36.1 Å². The van der Waals surface area contributed by atoms with E-state index in [0.717, 1.165) is 0 Å². The number of hydrogen-bond donors (Lipinski definition) is 3. The number of alkyl halides is 1. The molecule has 1 saturated heterocycles. The van der Waals surface area contributed by atoms with Crippen molar-refractivity contribution in [2.75, 3.05) is 13.1 Å². The Hall–Kier alpha value is -2.02. The molecule has 0 saturated carbocycles. The van der Waals surface area contributed by atoms with Crippen LogP contribution in [0.3, 0.4) is 0 Å². The van der Waals surface area contributed by atoms with Crippen LogP contribution in [0.25, 0.3) is 11.0 Å².